The molecule has 12 nitrogen and oxygen atoms in total. The Morgan fingerprint density at radius 2 is 1.89 bits per heavy atom. The van der Waals surface area contributed by atoms with Gasteiger partial charge in [-0.2, -0.15) is 28.2 Å². The topological polar surface area (TPSA) is 118 Å². The van der Waals surface area contributed by atoms with Crippen molar-refractivity contribution in [3.63, 3.8) is 0 Å². The van der Waals surface area contributed by atoms with Crippen molar-refractivity contribution in [2.75, 3.05) is 70.6 Å². The van der Waals surface area contributed by atoms with Crippen LogP contribution in [0, 0.1) is 11.2 Å². The number of fused-ring (bicyclic) bond motifs is 3. The van der Waals surface area contributed by atoms with Crippen molar-refractivity contribution < 1.29 is 36.2 Å². The Balaban J connectivity index is 0.000000399. The van der Waals surface area contributed by atoms with E-state index in [1.54, 1.807) is 9.58 Å². The van der Waals surface area contributed by atoms with Gasteiger partial charge in [-0.25, -0.2) is 8.78 Å². The predicted molar refractivity (Wildman–Crippen MR) is 188 cm³/mol. The number of hydrogen-bond acceptors (Lipinski definition) is 10. The summed E-state index contributed by atoms with van der Waals surface area (Å²) in [5.74, 6) is -0.912. The molecule has 3 aromatic rings. The van der Waals surface area contributed by atoms with Crippen molar-refractivity contribution in [2.45, 2.75) is 76.3 Å². The lowest BCUT2D eigenvalue weighted by Crippen LogP contribution is -2.72. The molecule has 6 aliphatic heterocycles. The number of hydrogen-bond donors (Lipinski definition) is 1. The molecule has 0 saturated carbocycles. The number of nitrogens with zero attached hydrogens (tertiary/aromatic N) is 8. The largest absolute Gasteiger partial charge is 0.467 e. The molecule has 18 heteroatoms. The zero-order valence-electron chi connectivity index (χ0n) is 30.1. The number of methoxy groups -OCH3 is 1. The first-order chi connectivity index (χ1) is 25.7. The Morgan fingerprint density at radius 1 is 1.11 bits per heavy atom. The second-order valence-corrected chi connectivity index (χ2v) is 15.8. The van der Waals surface area contributed by atoms with Gasteiger partial charge in [0.05, 0.1) is 54.0 Å². The van der Waals surface area contributed by atoms with E-state index in [1.165, 1.54) is 20.0 Å². The highest BCUT2D eigenvalue weighted by Crippen LogP contribution is 2.44. The minimum Gasteiger partial charge on any atom is -0.467 e. The number of halogens is 6. The van der Waals surface area contributed by atoms with E-state index >= 15 is 4.39 Å². The SMILES string of the molecule is COc1nc2c(c(N3CCCn4nc(C(=O)N5CC6(CN(C)C6)C5)c(Cl)c4C3)n1)COC(c1c(C(F)(F)F)ccc(N)c1F)C2.FC1CC2CCCN2C1. The summed E-state index contributed by atoms with van der Waals surface area (Å²) in [6.07, 6.45) is -2.82. The van der Waals surface area contributed by atoms with Gasteiger partial charge in [0.1, 0.15) is 12.0 Å². The number of alkyl halides is 4. The van der Waals surface area contributed by atoms with E-state index in [4.69, 9.17) is 26.8 Å². The number of carbonyl (C=O) groups is 1. The van der Waals surface area contributed by atoms with Crippen molar-refractivity contribution in [2.24, 2.45) is 5.41 Å². The number of rotatable bonds is 4. The molecule has 6 aliphatic rings. The molecule has 3 atom stereocenters. The molecule has 8 heterocycles. The molecular weight excluding hydrogens is 737 g/mol. The molecule has 4 fully saturated rings. The molecule has 9 rings (SSSR count). The number of amides is 1. The average molecular weight is 780 g/mol. The Morgan fingerprint density at radius 3 is 2.59 bits per heavy atom. The molecular formula is C36H43ClF5N9O3. The molecule has 0 bridgehead atoms. The fourth-order valence-electron chi connectivity index (χ4n) is 9.12. The highest BCUT2D eigenvalue weighted by atomic mass is 35.5. The molecule has 0 radical (unpaired) electrons. The van der Waals surface area contributed by atoms with E-state index in [0.717, 1.165) is 38.2 Å². The summed E-state index contributed by atoms with van der Waals surface area (Å²) in [6.45, 7) is 6.28. The first kappa shape index (κ1) is 37.1. The summed E-state index contributed by atoms with van der Waals surface area (Å²) in [5.41, 5.74) is 5.37. The van der Waals surface area contributed by atoms with Crippen LogP contribution in [0.15, 0.2) is 12.1 Å². The standard InChI is InChI=1S/C29H31ClF4N8O3.C7H12FN/c1-39-11-28(12-39)13-41(14-28)26(43)24-22(30)19-9-40(6-3-7-42(19)38-24)25-15-10-45-20(8-18(15)36-27(37-25)44-2)21-16(29(32,33)34)4-5-17(35)23(21)31;8-6-4-7-2-1-3-9(7)5-6/h4-5,20H,3,6-14,35H2,1-2H3;6-7H,1-5H2. The van der Waals surface area contributed by atoms with Crippen molar-refractivity contribution in [3.05, 3.63) is 56.7 Å². The van der Waals surface area contributed by atoms with Gasteiger partial charge in [0.25, 0.3) is 5.91 Å². The zero-order valence-corrected chi connectivity index (χ0v) is 30.9. The summed E-state index contributed by atoms with van der Waals surface area (Å²) >= 11 is 6.81. The minimum atomic E-state index is -4.82. The highest BCUT2D eigenvalue weighted by molar-refractivity contribution is 6.34. The summed E-state index contributed by atoms with van der Waals surface area (Å²) in [4.78, 5) is 30.6. The normalized spacial score (nSPS) is 24.9. The van der Waals surface area contributed by atoms with Gasteiger partial charge in [-0.05, 0) is 51.4 Å². The van der Waals surface area contributed by atoms with Crippen molar-refractivity contribution in [1.82, 2.24) is 34.4 Å². The van der Waals surface area contributed by atoms with Crippen molar-refractivity contribution in [3.8, 4) is 6.01 Å². The van der Waals surface area contributed by atoms with E-state index in [9.17, 15) is 22.4 Å². The summed E-state index contributed by atoms with van der Waals surface area (Å²) in [5, 5.41) is 4.87. The van der Waals surface area contributed by atoms with Crippen molar-refractivity contribution in [1.29, 1.82) is 0 Å². The van der Waals surface area contributed by atoms with Crippen LogP contribution in [-0.4, -0.2) is 113 Å². The van der Waals surface area contributed by atoms with Crippen LogP contribution in [0.25, 0.3) is 0 Å². The van der Waals surface area contributed by atoms with E-state index in [2.05, 4.69) is 31.9 Å². The predicted octanol–water partition coefficient (Wildman–Crippen LogP) is 4.88. The van der Waals surface area contributed by atoms with E-state index in [1.807, 2.05) is 4.90 Å². The van der Waals surface area contributed by atoms with Crippen molar-refractivity contribution >= 4 is 29.0 Å². The van der Waals surface area contributed by atoms with Gasteiger partial charge in [0, 0.05) is 74.8 Å². The molecule has 4 saturated heterocycles. The average Bonchev–Trinajstić information content (AvgIpc) is 3.72. The molecule has 3 unspecified atom stereocenters. The van der Waals surface area contributed by atoms with Crippen LogP contribution in [0.2, 0.25) is 5.02 Å². The van der Waals surface area contributed by atoms with Crippen LogP contribution in [0.3, 0.4) is 0 Å². The number of carbonyl (C=O) groups excluding carboxylic acids is 1. The minimum absolute atomic E-state index is 0.00145. The first-order valence-electron chi connectivity index (χ1n) is 18.3. The third-order valence-electron chi connectivity index (χ3n) is 11.5. The number of aromatic nitrogens is 4. The number of likely N-dealkylation sites (tertiary alicyclic amines) is 2. The number of nitrogen functional groups attached to an aromatic ring is 1. The number of benzene rings is 1. The van der Waals surface area contributed by atoms with Crippen LogP contribution >= 0.6 is 11.6 Å². The van der Waals surface area contributed by atoms with Gasteiger partial charge < -0.3 is 29.9 Å². The Hall–Kier alpha value is -3.80. The van der Waals surface area contributed by atoms with Gasteiger partial charge in [0.15, 0.2) is 11.5 Å². The number of nitrogens with two attached hydrogens (primary N) is 1. The van der Waals surface area contributed by atoms with Crippen LogP contribution in [0.4, 0.5) is 33.5 Å². The Kier molecular flexibility index (Phi) is 9.66. The van der Waals surface area contributed by atoms with Gasteiger partial charge in [-0.3, -0.25) is 14.4 Å². The molecule has 1 aromatic carbocycles. The lowest BCUT2D eigenvalue weighted by Gasteiger charge is -2.59. The second-order valence-electron chi connectivity index (χ2n) is 15.5. The van der Waals surface area contributed by atoms with Crippen LogP contribution in [0.5, 0.6) is 6.01 Å². The van der Waals surface area contributed by atoms with E-state index in [-0.39, 0.29) is 47.6 Å². The monoisotopic (exact) mass is 779 g/mol. The first-order valence-corrected chi connectivity index (χ1v) is 18.7. The lowest BCUT2D eigenvalue weighted by atomic mass is 9.73. The molecule has 1 spiro atoms. The maximum Gasteiger partial charge on any atom is 0.416 e. The van der Waals surface area contributed by atoms with Gasteiger partial charge in [0.2, 0.25) is 0 Å². The number of aryl methyl sites for hydroxylation is 1. The molecule has 1 amide bonds. The van der Waals surface area contributed by atoms with Gasteiger partial charge in [-0.15, -0.1) is 0 Å². The zero-order chi connectivity index (χ0) is 38.1. The summed E-state index contributed by atoms with van der Waals surface area (Å²) < 4.78 is 82.2. The van der Waals surface area contributed by atoms with Crippen LogP contribution in [-0.2, 0) is 37.0 Å². The molecule has 54 heavy (non-hydrogen) atoms. The third-order valence-corrected chi connectivity index (χ3v) is 11.9. The maximum absolute atomic E-state index is 15.1. The Labute approximate surface area is 314 Å². The highest BCUT2D eigenvalue weighted by Gasteiger charge is 2.52. The fourth-order valence-corrected chi connectivity index (χ4v) is 9.40. The second kappa shape index (κ2) is 14.0. The smallest absolute Gasteiger partial charge is 0.416 e. The molecule has 2 aromatic heterocycles. The molecule has 292 valence electrons. The van der Waals surface area contributed by atoms with Gasteiger partial charge >= 0.3 is 12.2 Å². The Bertz CT molecular complexity index is 1920. The molecule has 0 aliphatic carbocycles. The number of anilines is 2. The van der Waals surface area contributed by atoms with Gasteiger partial charge in [-0.1, -0.05) is 11.6 Å². The fraction of sp³-hybridized carbons (Fsp3) is 0.611. The van der Waals surface area contributed by atoms with Crippen LogP contribution in [0.1, 0.15) is 70.4 Å². The third kappa shape index (κ3) is 6.74. The van der Waals surface area contributed by atoms with Crippen LogP contribution < -0.4 is 15.4 Å². The quantitative estimate of drug-likeness (QED) is 0.290. The summed E-state index contributed by atoms with van der Waals surface area (Å²) in [6, 6.07) is 2.26. The van der Waals surface area contributed by atoms with E-state index in [0.29, 0.717) is 68.0 Å². The van der Waals surface area contributed by atoms with E-state index < -0.39 is 41.1 Å². The molecule has 2 N–H and O–H groups in total. The summed E-state index contributed by atoms with van der Waals surface area (Å²) in [7, 11) is 3.44. The maximum atomic E-state index is 15.1. The number of ether oxygens (including phenoxy) is 2. The lowest BCUT2D eigenvalue weighted by molar-refractivity contribution is -0.140.